The van der Waals surface area contributed by atoms with Crippen LogP contribution in [0.2, 0.25) is 0 Å². The molecule has 0 nitrogen and oxygen atoms in total. The van der Waals surface area contributed by atoms with Gasteiger partial charge in [0.1, 0.15) is 0 Å². The van der Waals surface area contributed by atoms with E-state index < -0.39 is 0 Å². The number of benzene rings is 1. The summed E-state index contributed by atoms with van der Waals surface area (Å²) in [5.74, 6) is 0.737. The lowest BCUT2D eigenvalue weighted by atomic mass is 9.88. The third-order valence-corrected chi connectivity index (χ3v) is 6.04. The van der Waals surface area contributed by atoms with Crippen molar-refractivity contribution >= 4 is 42.2 Å². The normalized spacial score (nSPS) is 12.9. The number of rotatable bonds is 3. The molecule has 0 radical (unpaired) electrons. The van der Waals surface area contributed by atoms with E-state index in [4.69, 9.17) is 0 Å². The van der Waals surface area contributed by atoms with E-state index in [9.17, 15) is 0 Å². The molecule has 2 heteroatoms. The Kier molecular flexibility index (Phi) is 3.87. The lowest BCUT2D eigenvalue weighted by Crippen LogP contribution is -2.08. The molecule has 0 aliphatic heterocycles. The maximum absolute atomic E-state index is 2.43. The summed E-state index contributed by atoms with van der Waals surface area (Å²) in [6.07, 6.45) is 2.35. The van der Waals surface area contributed by atoms with Crippen molar-refractivity contribution in [3.05, 3.63) is 34.7 Å². The average Bonchev–Trinajstić information content (AvgIpc) is 2.83. The summed E-state index contributed by atoms with van der Waals surface area (Å²) in [6.45, 7) is 11.5. The monoisotopic (exact) mass is 316 g/mol. The highest BCUT2D eigenvalue weighted by atomic mass is 32.1. The third-order valence-electron chi connectivity index (χ3n) is 3.60. The van der Waals surface area contributed by atoms with E-state index in [-0.39, 0.29) is 0 Å². The summed E-state index contributed by atoms with van der Waals surface area (Å²) in [5.41, 5.74) is 1.81. The lowest BCUT2D eigenvalue weighted by molar-refractivity contribution is 0.411. The van der Waals surface area contributed by atoms with Gasteiger partial charge in [0.2, 0.25) is 0 Å². The topological polar surface area (TPSA) is 0 Å². The van der Waals surface area contributed by atoms with E-state index >= 15 is 0 Å². The molecule has 0 unspecified atom stereocenters. The summed E-state index contributed by atoms with van der Waals surface area (Å²) >= 11 is 3.95. The Labute approximate surface area is 135 Å². The molecule has 1 aromatic carbocycles. The average molecular weight is 317 g/mol. The predicted molar refractivity (Wildman–Crippen MR) is 98.9 cm³/mol. The summed E-state index contributed by atoms with van der Waals surface area (Å²) in [6, 6.07) is 9.46. The first-order valence-corrected chi connectivity index (χ1v) is 9.39. The standard InChI is InChI=1S/C19H24S2/c1-12(2)8-14-10-17-18(20-14)15-9-13(11-19(3,4)5)6-7-16(15)21-17/h6-7,9-10,12H,8,11H2,1-5H3. The lowest BCUT2D eigenvalue weighted by Gasteiger charge is -2.18. The van der Waals surface area contributed by atoms with Crippen LogP contribution in [0.4, 0.5) is 0 Å². The molecular formula is C19H24S2. The van der Waals surface area contributed by atoms with Gasteiger partial charge in [-0.05, 0) is 47.9 Å². The predicted octanol–water partition coefficient (Wildman–Crippen LogP) is 6.90. The Bertz CT molecular complexity index is 766. The molecule has 0 fully saturated rings. The number of hydrogen-bond donors (Lipinski definition) is 0. The van der Waals surface area contributed by atoms with Crippen molar-refractivity contribution in [2.45, 2.75) is 47.5 Å². The van der Waals surface area contributed by atoms with Crippen molar-refractivity contribution in [1.82, 2.24) is 0 Å². The van der Waals surface area contributed by atoms with Crippen molar-refractivity contribution in [2.24, 2.45) is 11.3 Å². The molecule has 3 aromatic rings. The molecule has 3 rings (SSSR count). The van der Waals surface area contributed by atoms with Gasteiger partial charge in [0, 0.05) is 19.7 Å². The molecule has 21 heavy (non-hydrogen) atoms. The maximum atomic E-state index is 2.43. The van der Waals surface area contributed by atoms with Gasteiger partial charge in [0.05, 0.1) is 4.70 Å². The zero-order valence-electron chi connectivity index (χ0n) is 13.6. The molecule has 0 saturated heterocycles. The summed E-state index contributed by atoms with van der Waals surface area (Å²) in [4.78, 5) is 1.54. The second-order valence-electron chi connectivity index (χ2n) is 7.67. The van der Waals surface area contributed by atoms with Crippen LogP contribution in [0.5, 0.6) is 0 Å². The summed E-state index contributed by atoms with van der Waals surface area (Å²) < 4.78 is 4.41. The largest absolute Gasteiger partial charge is 0.139 e. The fourth-order valence-electron chi connectivity index (χ4n) is 2.87. The smallest absolute Gasteiger partial charge is 0.0532 e. The maximum Gasteiger partial charge on any atom is 0.0532 e. The Morgan fingerprint density at radius 1 is 1.00 bits per heavy atom. The minimum Gasteiger partial charge on any atom is -0.139 e. The van der Waals surface area contributed by atoms with Gasteiger partial charge < -0.3 is 0 Å². The first kappa shape index (κ1) is 15.1. The number of hydrogen-bond acceptors (Lipinski definition) is 2. The van der Waals surface area contributed by atoms with E-state index in [0.29, 0.717) is 5.41 Å². The minimum atomic E-state index is 0.348. The molecule has 0 spiro atoms. The van der Waals surface area contributed by atoms with Gasteiger partial charge in [-0.1, -0.05) is 40.7 Å². The van der Waals surface area contributed by atoms with Crippen LogP contribution in [0.3, 0.4) is 0 Å². The van der Waals surface area contributed by atoms with E-state index in [1.54, 1.807) is 0 Å². The fraction of sp³-hybridized carbons (Fsp3) is 0.474. The van der Waals surface area contributed by atoms with Gasteiger partial charge in [-0.25, -0.2) is 0 Å². The zero-order chi connectivity index (χ0) is 15.2. The van der Waals surface area contributed by atoms with Crippen LogP contribution in [-0.4, -0.2) is 0 Å². The summed E-state index contributed by atoms with van der Waals surface area (Å²) in [7, 11) is 0. The van der Waals surface area contributed by atoms with E-state index in [0.717, 1.165) is 12.3 Å². The second-order valence-corrected chi connectivity index (χ2v) is 9.89. The minimum absolute atomic E-state index is 0.348. The van der Waals surface area contributed by atoms with Crippen LogP contribution in [0.25, 0.3) is 19.5 Å². The fourth-order valence-corrected chi connectivity index (χ4v) is 5.60. The van der Waals surface area contributed by atoms with Crippen molar-refractivity contribution < 1.29 is 0 Å². The Morgan fingerprint density at radius 2 is 1.76 bits per heavy atom. The molecule has 0 atom stereocenters. The highest BCUT2D eigenvalue weighted by Crippen LogP contribution is 2.40. The van der Waals surface area contributed by atoms with E-state index in [1.165, 1.54) is 36.3 Å². The molecule has 112 valence electrons. The first-order chi connectivity index (χ1) is 9.82. The quantitative estimate of drug-likeness (QED) is 0.493. The van der Waals surface area contributed by atoms with Gasteiger partial charge >= 0.3 is 0 Å². The third kappa shape index (κ3) is 3.32. The highest BCUT2D eigenvalue weighted by Gasteiger charge is 2.14. The first-order valence-electron chi connectivity index (χ1n) is 7.76. The Morgan fingerprint density at radius 3 is 2.43 bits per heavy atom. The van der Waals surface area contributed by atoms with Gasteiger partial charge in [-0.2, -0.15) is 0 Å². The molecule has 0 saturated carbocycles. The summed E-state index contributed by atoms with van der Waals surface area (Å²) in [5, 5.41) is 1.47. The van der Waals surface area contributed by atoms with Gasteiger partial charge in [-0.3, -0.25) is 0 Å². The second kappa shape index (κ2) is 5.40. The van der Waals surface area contributed by atoms with Crippen molar-refractivity contribution in [3.8, 4) is 0 Å². The molecule has 0 amide bonds. The van der Waals surface area contributed by atoms with E-state index in [1.807, 2.05) is 22.7 Å². The van der Waals surface area contributed by atoms with Crippen LogP contribution in [0.15, 0.2) is 24.3 Å². The SMILES string of the molecule is CC(C)Cc1cc2sc3ccc(CC(C)(C)C)cc3c2s1. The Balaban J connectivity index is 2.05. The highest BCUT2D eigenvalue weighted by molar-refractivity contribution is 7.32. The van der Waals surface area contributed by atoms with Crippen LogP contribution < -0.4 is 0 Å². The molecule has 0 aliphatic carbocycles. The Hall–Kier alpha value is -0.860. The van der Waals surface area contributed by atoms with Crippen LogP contribution >= 0.6 is 22.7 Å². The van der Waals surface area contributed by atoms with Crippen molar-refractivity contribution in [1.29, 1.82) is 0 Å². The zero-order valence-corrected chi connectivity index (χ0v) is 15.3. The van der Waals surface area contributed by atoms with Crippen LogP contribution in [0, 0.1) is 11.3 Å². The van der Waals surface area contributed by atoms with Crippen molar-refractivity contribution in [2.75, 3.05) is 0 Å². The van der Waals surface area contributed by atoms with Gasteiger partial charge in [0.15, 0.2) is 0 Å². The molecule has 0 aliphatic rings. The van der Waals surface area contributed by atoms with Crippen LogP contribution in [-0.2, 0) is 12.8 Å². The van der Waals surface area contributed by atoms with Gasteiger partial charge in [-0.15, -0.1) is 22.7 Å². The van der Waals surface area contributed by atoms with Gasteiger partial charge in [0.25, 0.3) is 0 Å². The molecule has 0 N–H and O–H groups in total. The number of fused-ring (bicyclic) bond motifs is 3. The number of thiophene rings is 2. The molecule has 2 aromatic heterocycles. The molecule has 2 heterocycles. The molecular weight excluding hydrogens is 292 g/mol. The van der Waals surface area contributed by atoms with Crippen LogP contribution in [0.1, 0.15) is 45.1 Å². The van der Waals surface area contributed by atoms with Crippen molar-refractivity contribution in [3.63, 3.8) is 0 Å². The molecule has 0 bridgehead atoms. The van der Waals surface area contributed by atoms with E-state index in [2.05, 4.69) is 58.9 Å².